The lowest BCUT2D eigenvalue weighted by Crippen LogP contribution is -2.28. The van der Waals surface area contributed by atoms with Crippen molar-refractivity contribution in [2.24, 2.45) is 0 Å². The van der Waals surface area contributed by atoms with Crippen molar-refractivity contribution in [3.63, 3.8) is 0 Å². The van der Waals surface area contributed by atoms with Crippen molar-refractivity contribution in [2.75, 3.05) is 11.4 Å². The van der Waals surface area contributed by atoms with E-state index < -0.39 is 0 Å². The Morgan fingerprint density at radius 1 is 0.864 bits per heavy atom. The van der Waals surface area contributed by atoms with Gasteiger partial charge in [-0.3, -0.25) is 4.79 Å². The van der Waals surface area contributed by atoms with Crippen LogP contribution in [0.25, 0.3) is 5.69 Å². The Bertz CT molecular complexity index is 804. The van der Waals surface area contributed by atoms with E-state index in [-0.39, 0.29) is 5.91 Å². The van der Waals surface area contributed by atoms with E-state index in [1.807, 2.05) is 76.5 Å². The minimum absolute atomic E-state index is 0.0732. The second-order valence-electron chi connectivity index (χ2n) is 5.47. The van der Waals surface area contributed by atoms with E-state index in [4.69, 9.17) is 0 Å². The highest BCUT2D eigenvalue weighted by Crippen LogP contribution is 2.28. The van der Waals surface area contributed by atoms with E-state index in [0.717, 1.165) is 29.9 Å². The molecule has 0 N–H and O–H groups in total. The van der Waals surface area contributed by atoms with Crippen molar-refractivity contribution in [3.05, 3.63) is 84.2 Å². The topological polar surface area (TPSA) is 25.2 Å². The summed E-state index contributed by atoms with van der Waals surface area (Å²) in [6.45, 7) is 0.761. The second-order valence-corrected chi connectivity index (χ2v) is 5.47. The predicted octanol–water partition coefficient (Wildman–Crippen LogP) is 3.68. The van der Waals surface area contributed by atoms with Gasteiger partial charge in [-0.2, -0.15) is 0 Å². The average molecular weight is 288 g/mol. The maximum Gasteiger partial charge on any atom is 0.258 e. The maximum atomic E-state index is 12.7. The Hall–Kier alpha value is -2.81. The Kier molecular flexibility index (Phi) is 3.04. The van der Waals surface area contributed by atoms with Crippen LogP contribution in [0.3, 0.4) is 0 Å². The van der Waals surface area contributed by atoms with Gasteiger partial charge in [0.15, 0.2) is 0 Å². The first kappa shape index (κ1) is 12.9. The molecule has 0 unspecified atom stereocenters. The van der Waals surface area contributed by atoms with Gasteiger partial charge in [0, 0.05) is 35.9 Å². The molecule has 1 aromatic heterocycles. The van der Waals surface area contributed by atoms with Gasteiger partial charge in [0.2, 0.25) is 0 Å². The molecule has 3 aromatic rings. The molecule has 3 nitrogen and oxygen atoms in total. The summed E-state index contributed by atoms with van der Waals surface area (Å²) in [7, 11) is 0. The number of hydrogen-bond donors (Lipinski definition) is 0. The summed E-state index contributed by atoms with van der Waals surface area (Å²) in [5, 5.41) is 0. The van der Waals surface area contributed by atoms with Gasteiger partial charge in [0.1, 0.15) is 0 Å². The van der Waals surface area contributed by atoms with Crippen LogP contribution in [0, 0.1) is 0 Å². The third-order valence-corrected chi connectivity index (χ3v) is 4.15. The third kappa shape index (κ3) is 2.11. The number of carbonyl (C=O) groups is 1. The summed E-state index contributed by atoms with van der Waals surface area (Å²) < 4.78 is 2.03. The first-order valence-electron chi connectivity index (χ1n) is 7.46. The van der Waals surface area contributed by atoms with Crippen molar-refractivity contribution >= 4 is 11.6 Å². The van der Waals surface area contributed by atoms with Gasteiger partial charge in [0.25, 0.3) is 5.91 Å². The van der Waals surface area contributed by atoms with Crippen molar-refractivity contribution < 1.29 is 4.79 Å². The summed E-state index contributed by atoms with van der Waals surface area (Å²) in [5.41, 5.74) is 4.08. The fourth-order valence-corrected chi connectivity index (χ4v) is 2.99. The molecule has 4 rings (SSSR count). The lowest BCUT2D eigenvalue weighted by atomic mass is 10.1. The summed E-state index contributed by atoms with van der Waals surface area (Å²) in [6.07, 6.45) is 4.92. The van der Waals surface area contributed by atoms with Crippen LogP contribution < -0.4 is 4.90 Å². The molecule has 1 aliphatic rings. The van der Waals surface area contributed by atoms with Crippen LogP contribution in [0.1, 0.15) is 15.9 Å². The number of carbonyl (C=O) groups excluding carboxylic acids is 1. The third-order valence-electron chi connectivity index (χ3n) is 4.15. The van der Waals surface area contributed by atoms with Crippen LogP contribution in [-0.2, 0) is 6.42 Å². The molecular weight excluding hydrogens is 272 g/mol. The molecule has 0 aliphatic carbocycles. The number of amides is 1. The highest BCUT2D eigenvalue weighted by atomic mass is 16.2. The number of rotatable bonds is 2. The van der Waals surface area contributed by atoms with Crippen LogP contribution in [-0.4, -0.2) is 17.0 Å². The molecule has 22 heavy (non-hydrogen) atoms. The quantitative estimate of drug-likeness (QED) is 0.706. The molecule has 2 heterocycles. The monoisotopic (exact) mass is 288 g/mol. The molecule has 3 heteroatoms. The van der Waals surface area contributed by atoms with Crippen LogP contribution >= 0.6 is 0 Å². The fourth-order valence-electron chi connectivity index (χ4n) is 2.99. The number of fused-ring (bicyclic) bond motifs is 1. The number of aromatic nitrogens is 1. The zero-order valence-corrected chi connectivity index (χ0v) is 12.1. The second kappa shape index (κ2) is 5.19. The largest absolute Gasteiger partial charge is 0.324 e. The minimum Gasteiger partial charge on any atom is -0.324 e. The Morgan fingerprint density at radius 3 is 2.36 bits per heavy atom. The van der Waals surface area contributed by atoms with E-state index in [0.29, 0.717) is 0 Å². The van der Waals surface area contributed by atoms with Crippen molar-refractivity contribution in [2.45, 2.75) is 6.42 Å². The van der Waals surface area contributed by atoms with Gasteiger partial charge in [-0.15, -0.1) is 0 Å². The van der Waals surface area contributed by atoms with E-state index in [9.17, 15) is 4.79 Å². The molecule has 1 amide bonds. The highest BCUT2D eigenvalue weighted by molar-refractivity contribution is 6.07. The Labute approximate surface area is 129 Å². The van der Waals surface area contributed by atoms with Crippen LogP contribution in [0.5, 0.6) is 0 Å². The molecule has 0 saturated carbocycles. The van der Waals surface area contributed by atoms with Crippen LogP contribution in [0.4, 0.5) is 5.69 Å². The van der Waals surface area contributed by atoms with Crippen molar-refractivity contribution in [1.29, 1.82) is 0 Å². The number of hydrogen-bond acceptors (Lipinski definition) is 1. The maximum absolute atomic E-state index is 12.7. The molecule has 108 valence electrons. The van der Waals surface area contributed by atoms with Gasteiger partial charge in [-0.25, -0.2) is 0 Å². The number of nitrogens with zero attached hydrogens (tertiary/aromatic N) is 2. The standard InChI is InChI=1S/C19H16N2O/c22-19(21-14-11-15-5-1-2-6-18(15)21)16-7-9-17(10-8-16)20-12-3-4-13-20/h1-10,12-13H,11,14H2. The zero-order valence-electron chi connectivity index (χ0n) is 12.1. The molecule has 0 bridgehead atoms. The van der Waals surface area contributed by atoms with Gasteiger partial charge in [-0.05, 0) is 54.4 Å². The number of para-hydroxylation sites is 1. The first-order chi connectivity index (χ1) is 10.8. The SMILES string of the molecule is O=C(c1ccc(-n2cccc2)cc1)N1CCc2ccccc21. The smallest absolute Gasteiger partial charge is 0.258 e. The van der Waals surface area contributed by atoms with Gasteiger partial charge < -0.3 is 9.47 Å². The molecule has 0 spiro atoms. The van der Waals surface area contributed by atoms with Crippen LogP contribution in [0.15, 0.2) is 73.1 Å². The minimum atomic E-state index is 0.0732. The molecule has 1 aliphatic heterocycles. The normalized spacial score (nSPS) is 13.2. The van der Waals surface area contributed by atoms with Gasteiger partial charge in [-0.1, -0.05) is 18.2 Å². The Morgan fingerprint density at radius 2 is 1.59 bits per heavy atom. The predicted molar refractivity (Wildman–Crippen MR) is 87.6 cm³/mol. The molecule has 0 radical (unpaired) electrons. The van der Waals surface area contributed by atoms with Crippen molar-refractivity contribution in [3.8, 4) is 5.69 Å². The summed E-state index contributed by atoms with van der Waals surface area (Å²) in [6, 6.07) is 19.9. The van der Waals surface area contributed by atoms with Gasteiger partial charge >= 0.3 is 0 Å². The van der Waals surface area contributed by atoms with Crippen molar-refractivity contribution in [1.82, 2.24) is 4.57 Å². The molecule has 2 aromatic carbocycles. The first-order valence-corrected chi connectivity index (χ1v) is 7.46. The molecule has 0 fully saturated rings. The number of benzene rings is 2. The van der Waals surface area contributed by atoms with E-state index in [1.54, 1.807) is 0 Å². The van der Waals surface area contributed by atoms with Gasteiger partial charge in [0.05, 0.1) is 0 Å². The molecule has 0 atom stereocenters. The van der Waals surface area contributed by atoms with E-state index >= 15 is 0 Å². The lowest BCUT2D eigenvalue weighted by Gasteiger charge is -2.17. The van der Waals surface area contributed by atoms with E-state index in [2.05, 4.69) is 6.07 Å². The number of anilines is 1. The fraction of sp³-hybridized carbons (Fsp3) is 0.105. The molecule has 0 saturated heterocycles. The lowest BCUT2D eigenvalue weighted by molar-refractivity contribution is 0.0989. The summed E-state index contributed by atoms with van der Waals surface area (Å²) in [4.78, 5) is 14.6. The summed E-state index contributed by atoms with van der Waals surface area (Å²) in [5.74, 6) is 0.0732. The van der Waals surface area contributed by atoms with E-state index in [1.165, 1.54) is 5.56 Å². The highest BCUT2D eigenvalue weighted by Gasteiger charge is 2.24. The zero-order chi connectivity index (χ0) is 14.9. The molecular formula is C19H16N2O. The summed E-state index contributed by atoms with van der Waals surface area (Å²) >= 11 is 0. The van der Waals surface area contributed by atoms with Crippen LogP contribution in [0.2, 0.25) is 0 Å². The average Bonchev–Trinajstić information content (AvgIpc) is 3.24. The Balaban J connectivity index is 1.61.